The van der Waals surface area contributed by atoms with E-state index in [0.717, 1.165) is 24.0 Å². The third kappa shape index (κ3) is 3.77. The van der Waals surface area contributed by atoms with Crippen molar-refractivity contribution in [2.45, 2.75) is 63.6 Å². The number of nitrogens with two attached hydrogens (primary N) is 1. The number of nitrogen functional groups attached to an aromatic ring is 1. The monoisotopic (exact) mass is 500 g/mol. The predicted octanol–water partition coefficient (Wildman–Crippen LogP) is 2.58. The molecule has 4 N–H and O–H groups in total. The van der Waals surface area contributed by atoms with Crippen molar-refractivity contribution in [1.29, 1.82) is 0 Å². The minimum absolute atomic E-state index is 0.00707. The van der Waals surface area contributed by atoms with Gasteiger partial charge in [0.25, 0.3) is 5.91 Å². The van der Waals surface area contributed by atoms with Gasteiger partial charge in [-0.2, -0.15) is 9.61 Å². The van der Waals surface area contributed by atoms with Crippen LogP contribution in [0.5, 0.6) is 0 Å². The number of pyridine rings is 1. The lowest BCUT2D eigenvalue weighted by molar-refractivity contribution is -0.144. The molecule has 190 valence electrons. The maximum atomic E-state index is 12.8. The molecule has 6 heterocycles. The quantitative estimate of drug-likeness (QED) is 0.353. The number of nitrogens with one attached hydrogen (secondary N) is 1. The zero-order chi connectivity index (χ0) is 25.8. The summed E-state index contributed by atoms with van der Waals surface area (Å²) in [5.41, 5.74) is 10.4. The molecule has 1 amide bonds. The Balaban J connectivity index is 1.41. The standard InChI is InChI=1S/C26H28N8O3/c1-13(35)21-22(16-9-17-4-5-18(10-16)33(17)26(37)14(2)36)32-25-19(12-31-34(25)23(21)27)15-3-6-20(30-11-15)24-28-7-8-29-24/h3,6-8,11-12,14,16-18,36H,4-5,9-10,27H2,1-2H3,(H,28,29)/t14-,16-,17+,18-/m0/s1. The van der Waals surface area contributed by atoms with Crippen LogP contribution in [-0.4, -0.2) is 69.4 Å². The molecule has 2 fully saturated rings. The van der Waals surface area contributed by atoms with Crippen molar-refractivity contribution in [2.24, 2.45) is 0 Å². The third-order valence-electron chi connectivity index (χ3n) is 7.61. The molecule has 4 atom stereocenters. The van der Waals surface area contributed by atoms with Crippen molar-refractivity contribution in [3.05, 3.63) is 48.2 Å². The number of aromatic amines is 1. The number of rotatable bonds is 5. The van der Waals surface area contributed by atoms with Crippen LogP contribution in [0.4, 0.5) is 5.82 Å². The number of ketones is 1. The number of anilines is 1. The number of carbonyl (C=O) groups excluding carboxylic acids is 2. The van der Waals surface area contributed by atoms with Gasteiger partial charge in [-0.3, -0.25) is 14.6 Å². The number of hydrogen-bond donors (Lipinski definition) is 3. The highest BCUT2D eigenvalue weighted by molar-refractivity contribution is 6.00. The lowest BCUT2D eigenvalue weighted by Crippen LogP contribution is -2.49. The normalized spacial score (nSPS) is 21.9. The number of H-pyrrole nitrogens is 1. The van der Waals surface area contributed by atoms with Crippen LogP contribution in [0.1, 0.15) is 61.5 Å². The van der Waals surface area contributed by atoms with Crippen molar-refractivity contribution < 1.29 is 14.7 Å². The van der Waals surface area contributed by atoms with Gasteiger partial charge >= 0.3 is 0 Å². The number of fused-ring (bicyclic) bond motifs is 3. The van der Waals surface area contributed by atoms with Crippen LogP contribution < -0.4 is 5.73 Å². The Morgan fingerprint density at radius 2 is 1.92 bits per heavy atom. The van der Waals surface area contributed by atoms with Gasteiger partial charge in [0.05, 0.1) is 17.5 Å². The summed E-state index contributed by atoms with van der Waals surface area (Å²) < 4.78 is 1.51. The van der Waals surface area contributed by atoms with E-state index in [1.807, 2.05) is 17.0 Å². The Kier molecular flexibility index (Phi) is 5.52. The molecule has 11 heteroatoms. The van der Waals surface area contributed by atoms with Gasteiger partial charge in [0.15, 0.2) is 17.3 Å². The van der Waals surface area contributed by atoms with E-state index >= 15 is 0 Å². The largest absolute Gasteiger partial charge is 0.384 e. The van der Waals surface area contributed by atoms with Gasteiger partial charge in [-0.05, 0) is 45.6 Å². The first-order valence-corrected chi connectivity index (χ1v) is 12.5. The van der Waals surface area contributed by atoms with Crippen LogP contribution in [0.3, 0.4) is 0 Å². The van der Waals surface area contributed by atoms with Crippen LogP contribution in [-0.2, 0) is 4.79 Å². The molecule has 6 rings (SSSR count). The number of aromatic nitrogens is 6. The maximum Gasteiger partial charge on any atom is 0.251 e. The zero-order valence-electron chi connectivity index (χ0n) is 20.6. The van der Waals surface area contributed by atoms with Crippen molar-refractivity contribution >= 4 is 23.2 Å². The zero-order valence-corrected chi connectivity index (χ0v) is 20.6. The summed E-state index contributed by atoms with van der Waals surface area (Å²) in [6, 6.07) is 3.82. The molecule has 0 unspecified atom stereocenters. The highest BCUT2D eigenvalue weighted by atomic mass is 16.3. The summed E-state index contributed by atoms with van der Waals surface area (Å²) in [7, 11) is 0. The van der Waals surface area contributed by atoms with E-state index in [-0.39, 0.29) is 35.5 Å². The van der Waals surface area contributed by atoms with Crippen molar-refractivity contribution in [2.75, 3.05) is 5.73 Å². The lowest BCUT2D eigenvalue weighted by Gasteiger charge is -2.39. The molecule has 2 bridgehead atoms. The molecule has 37 heavy (non-hydrogen) atoms. The number of piperidine rings is 1. The number of carbonyl (C=O) groups is 2. The fourth-order valence-electron chi connectivity index (χ4n) is 5.97. The first-order chi connectivity index (χ1) is 17.8. The van der Waals surface area contributed by atoms with Gasteiger partial charge in [-0.25, -0.2) is 9.97 Å². The number of Topliss-reactive ketones (excluding diaryl/α,β-unsaturated/α-hetero) is 1. The van der Waals surface area contributed by atoms with Crippen LogP contribution in [0, 0.1) is 0 Å². The fourth-order valence-corrected chi connectivity index (χ4v) is 5.97. The average molecular weight is 501 g/mol. The highest BCUT2D eigenvalue weighted by Crippen LogP contribution is 2.44. The van der Waals surface area contributed by atoms with Crippen LogP contribution in [0.15, 0.2) is 36.9 Å². The van der Waals surface area contributed by atoms with Crippen LogP contribution >= 0.6 is 0 Å². The number of nitrogens with zero attached hydrogens (tertiary/aromatic N) is 6. The first-order valence-electron chi connectivity index (χ1n) is 12.5. The SMILES string of the molecule is CC(=O)c1c([C@H]2C[C@H]3CC[C@@H](C2)N3C(=O)[C@H](C)O)nc2c(-c3ccc(-c4ncc[nH]4)nc3)cnn2c1N. The van der Waals surface area contributed by atoms with Gasteiger partial charge in [0.2, 0.25) is 0 Å². The van der Waals surface area contributed by atoms with Crippen LogP contribution in [0.25, 0.3) is 28.3 Å². The van der Waals surface area contributed by atoms with Gasteiger partial charge in [0, 0.05) is 47.7 Å². The first kappa shape index (κ1) is 23.3. The molecule has 4 aromatic heterocycles. The van der Waals surface area contributed by atoms with Gasteiger partial charge in [-0.1, -0.05) is 6.07 Å². The number of hydrogen-bond acceptors (Lipinski definition) is 8. The fraction of sp³-hybridized carbons (Fsp3) is 0.385. The van der Waals surface area contributed by atoms with Crippen molar-refractivity contribution in [3.8, 4) is 22.6 Å². The smallest absolute Gasteiger partial charge is 0.251 e. The molecule has 0 saturated carbocycles. The topological polar surface area (TPSA) is 155 Å². The molecule has 0 spiro atoms. The molecule has 0 aliphatic carbocycles. The third-order valence-corrected chi connectivity index (χ3v) is 7.61. The van der Waals surface area contributed by atoms with Crippen molar-refractivity contribution in [3.63, 3.8) is 0 Å². The van der Waals surface area contributed by atoms with E-state index in [0.29, 0.717) is 41.3 Å². The van der Waals surface area contributed by atoms with Crippen LogP contribution in [0.2, 0.25) is 0 Å². The number of amides is 1. The Hall–Kier alpha value is -4.12. The number of imidazole rings is 1. The second-order valence-corrected chi connectivity index (χ2v) is 9.95. The van der Waals surface area contributed by atoms with E-state index in [9.17, 15) is 14.7 Å². The Bertz CT molecular complexity index is 1480. The lowest BCUT2D eigenvalue weighted by atomic mass is 9.85. The molecule has 11 nitrogen and oxygen atoms in total. The molecule has 2 aliphatic rings. The second-order valence-electron chi connectivity index (χ2n) is 9.95. The summed E-state index contributed by atoms with van der Waals surface area (Å²) in [6.07, 6.45) is 8.90. The van der Waals surface area contributed by atoms with E-state index < -0.39 is 6.10 Å². The molecule has 2 aliphatic heterocycles. The van der Waals surface area contributed by atoms with Gasteiger partial charge in [0.1, 0.15) is 17.6 Å². The molecule has 2 saturated heterocycles. The molecular weight excluding hydrogens is 472 g/mol. The average Bonchev–Trinajstić information content (AvgIpc) is 3.62. The van der Waals surface area contributed by atoms with E-state index in [1.165, 1.54) is 18.4 Å². The summed E-state index contributed by atoms with van der Waals surface area (Å²) in [5, 5.41) is 14.3. The summed E-state index contributed by atoms with van der Waals surface area (Å²) in [4.78, 5) is 44.0. The summed E-state index contributed by atoms with van der Waals surface area (Å²) >= 11 is 0. The summed E-state index contributed by atoms with van der Waals surface area (Å²) in [6.45, 7) is 3.00. The molecule has 0 radical (unpaired) electrons. The highest BCUT2D eigenvalue weighted by Gasteiger charge is 2.45. The predicted molar refractivity (Wildman–Crippen MR) is 136 cm³/mol. The minimum Gasteiger partial charge on any atom is -0.384 e. The van der Waals surface area contributed by atoms with Gasteiger partial charge < -0.3 is 20.7 Å². The Morgan fingerprint density at radius 3 is 2.51 bits per heavy atom. The maximum absolute atomic E-state index is 12.8. The number of aliphatic hydroxyl groups excluding tert-OH is 1. The van der Waals surface area contributed by atoms with E-state index in [2.05, 4.69) is 20.1 Å². The Morgan fingerprint density at radius 1 is 1.16 bits per heavy atom. The second kappa shape index (κ2) is 8.77. The number of aliphatic hydroxyl groups is 1. The Labute approximate surface area is 212 Å². The van der Waals surface area contributed by atoms with E-state index in [4.69, 9.17) is 10.7 Å². The summed E-state index contributed by atoms with van der Waals surface area (Å²) in [5.74, 6) is 0.498. The molecule has 0 aromatic carbocycles. The van der Waals surface area contributed by atoms with Gasteiger partial charge in [-0.15, -0.1) is 0 Å². The molecule has 4 aromatic rings. The molecular formula is C26H28N8O3. The minimum atomic E-state index is -1.03. The van der Waals surface area contributed by atoms with Crippen molar-refractivity contribution in [1.82, 2.24) is 34.4 Å². The van der Waals surface area contributed by atoms with E-state index in [1.54, 1.807) is 24.8 Å².